The van der Waals surface area contributed by atoms with Crippen LogP contribution in [0, 0.1) is 5.41 Å². The summed E-state index contributed by atoms with van der Waals surface area (Å²) in [5.41, 5.74) is -0.0420. The van der Waals surface area contributed by atoms with Crippen LogP contribution >= 0.6 is 0 Å². The van der Waals surface area contributed by atoms with E-state index in [1.165, 1.54) is 0 Å². The minimum Gasteiger partial charge on any atom is -0.481 e. The lowest BCUT2D eigenvalue weighted by Gasteiger charge is -2.43. The van der Waals surface area contributed by atoms with Crippen molar-refractivity contribution in [2.24, 2.45) is 5.41 Å². The van der Waals surface area contributed by atoms with E-state index in [1.54, 1.807) is 12.4 Å². The molecule has 0 amide bonds. The molecule has 6 heteroatoms. The summed E-state index contributed by atoms with van der Waals surface area (Å²) in [6.07, 6.45) is 6.36. The van der Waals surface area contributed by atoms with Crippen molar-refractivity contribution in [3.05, 3.63) is 18.0 Å². The fourth-order valence-electron chi connectivity index (χ4n) is 3.19. The lowest BCUT2D eigenvalue weighted by Crippen LogP contribution is -2.56. The van der Waals surface area contributed by atoms with Gasteiger partial charge in [0.15, 0.2) is 0 Å². The van der Waals surface area contributed by atoms with Crippen molar-refractivity contribution >= 4 is 11.9 Å². The van der Waals surface area contributed by atoms with Gasteiger partial charge >= 0.3 is 5.97 Å². The molecule has 0 aromatic carbocycles. The van der Waals surface area contributed by atoms with Crippen LogP contribution in [0.1, 0.15) is 45.1 Å². The van der Waals surface area contributed by atoms with Gasteiger partial charge in [0.25, 0.3) is 0 Å². The summed E-state index contributed by atoms with van der Waals surface area (Å²) in [5.74, 6) is -0.386. The van der Waals surface area contributed by atoms with E-state index in [1.807, 2.05) is 11.8 Å². The fourth-order valence-corrected chi connectivity index (χ4v) is 3.19. The van der Waals surface area contributed by atoms with Gasteiger partial charge in [0, 0.05) is 25.5 Å². The Balaban J connectivity index is 2.20. The zero-order valence-corrected chi connectivity index (χ0v) is 13.3. The van der Waals surface area contributed by atoms with Gasteiger partial charge in [-0.15, -0.1) is 0 Å². The highest BCUT2D eigenvalue weighted by atomic mass is 16.4. The number of carboxylic acids is 1. The Labute approximate surface area is 131 Å². The van der Waals surface area contributed by atoms with Crippen molar-refractivity contribution in [2.45, 2.75) is 52.1 Å². The highest BCUT2D eigenvalue weighted by molar-refractivity contribution is 5.76. The number of hydrogen-bond donors (Lipinski definition) is 2. The number of carbonyl (C=O) groups is 1. The van der Waals surface area contributed by atoms with E-state index in [-0.39, 0.29) is 6.54 Å². The van der Waals surface area contributed by atoms with E-state index in [0.29, 0.717) is 31.8 Å². The summed E-state index contributed by atoms with van der Waals surface area (Å²) in [5, 5.41) is 19.9. The summed E-state index contributed by atoms with van der Waals surface area (Å²) in [6.45, 7) is 4.87. The van der Waals surface area contributed by atoms with E-state index in [2.05, 4.69) is 16.9 Å². The molecule has 1 aromatic heterocycles. The van der Waals surface area contributed by atoms with Gasteiger partial charge in [-0.05, 0) is 24.8 Å². The molecule has 0 aliphatic carbocycles. The van der Waals surface area contributed by atoms with E-state index >= 15 is 0 Å². The second kappa shape index (κ2) is 7.05. The first-order chi connectivity index (χ1) is 10.5. The van der Waals surface area contributed by atoms with Crippen molar-refractivity contribution in [2.75, 3.05) is 18.0 Å². The zero-order chi connectivity index (χ0) is 16.2. The van der Waals surface area contributed by atoms with Crippen molar-refractivity contribution in [1.29, 1.82) is 0 Å². The summed E-state index contributed by atoms with van der Waals surface area (Å²) in [6, 6.07) is 0. The van der Waals surface area contributed by atoms with Gasteiger partial charge in [-0.25, -0.2) is 9.97 Å². The van der Waals surface area contributed by atoms with Crippen molar-refractivity contribution < 1.29 is 15.0 Å². The molecule has 6 nitrogen and oxygen atoms in total. The number of piperidine rings is 1. The number of carboxylic acid groups (broad SMARTS) is 1. The second-order valence-corrected chi connectivity index (χ2v) is 6.08. The Morgan fingerprint density at radius 1 is 1.36 bits per heavy atom. The first-order valence-electron chi connectivity index (χ1n) is 8.00. The molecular formula is C16H25N3O3. The topological polar surface area (TPSA) is 86.5 Å². The van der Waals surface area contributed by atoms with E-state index < -0.39 is 17.5 Å². The predicted octanol–water partition coefficient (Wildman–Crippen LogP) is 1.87. The Morgan fingerprint density at radius 2 is 2.05 bits per heavy atom. The minimum absolute atomic E-state index is 0.254. The molecule has 1 aromatic rings. The van der Waals surface area contributed by atoms with Gasteiger partial charge in [0.1, 0.15) is 5.41 Å². The molecule has 0 bridgehead atoms. The van der Waals surface area contributed by atoms with Crippen LogP contribution < -0.4 is 4.90 Å². The highest BCUT2D eigenvalue weighted by Gasteiger charge is 2.48. The molecule has 1 saturated heterocycles. The van der Waals surface area contributed by atoms with Gasteiger partial charge < -0.3 is 15.1 Å². The number of hydrogen-bond acceptors (Lipinski definition) is 5. The largest absolute Gasteiger partial charge is 0.481 e. The first kappa shape index (κ1) is 16.7. The third-order valence-electron chi connectivity index (χ3n) is 4.42. The molecular weight excluding hydrogens is 282 g/mol. The number of rotatable bonds is 6. The molecule has 1 aliphatic rings. The molecule has 22 heavy (non-hydrogen) atoms. The van der Waals surface area contributed by atoms with Crippen LogP contribution in [-0.2, 0) is 11.2 Å². The molecule has 0 saturated carbocycles. The number of aromatic nitrogens is 2. The number of nitrogens with zero attached hydrogens (tertiary/aromatic N) is 3. The maximum absolute atomic E-state index is 11.8. The van der Waals surface area contributed by atoms with Crippen molar-refractivity contribution in [1.82, 2.24) is 9.97 Å². The van der Waals surface area contributed by atoms with Gasteiger partial charge in [-0.2, -0.15) is 0 Å². The minimum atomic E-state index is -1.13. The van der Waals surface area contributed by atoms with Gasteiger partial charge in [0.2, 0.25) is 5.95 Å². The van der Waals surface area contributed by atoms with Crippen LogP contribution in [0.4, 0.5) is 5.95 Å². The summed E-state index contributed by atoms with van der Waals surface area (Å²) in [7, 11) is 0. The average molecular weight is 307 g/mol. The molecule has 0 spiro atoms. The molecule has 2 atom stereocenters. The Bertz CT molecular complexity index is 506. The van der Waals surface area contributed by atoms with Gasteiger partial charge in [0.05, 0.1) is 6.10 Å². The summed E-state index contributed by atoms with van der Waals surface area (Å²) in [4.78, 5) is 22.4. The van der Waals surface area contributed by atoms with Crippen LogP contribution in [-0.4, -0.2) is 45.3 Å². The Hall–Kier alpha value is -1.69. The lowest BCUT2D eigenvalue weighted by atomic mass is 9.74. The molecule has 1 fully saturated rings. The van der Waals surface area contributed by atoms with Crippen LogP contribution in [0.2, 0.25) is 0 Å². The van der Waals surface area contributed by atoms with Crippen molar-refractivity contribution in [3.63, 3.8) is 0 Å². The normalized spacial score (nSPS) is 25.2. The summed E-state index contributed by atoms with van der Waals surface area (Å²) < 4.78 is 0. The number of aliphatic carboxylic acids is 1. The van der Waals surface area contributed by atoms with Crippen LogP contribution in [0.5, 0.6) is 0 Å². The molecule has 2 heterocycles. The maximum atomic E-state index is 11.8. The molecule has 2 rings (SSSR count). The maximum Gasteiger partial charge on any atom is 0.314 e. The average Bonchev–Trinajstić information content (AvgIpc) is 2.51. The van der Waals surface area contributed by atoms with E-state index in [0.717, 1.165) is 18.4 Å². The molecule has 2 N–H and O–H groups in total. The Morgan fingerprint density at radius 3 is 2.59 bits per heavy atom. The number of aliphatic hydroxyl groups is 1. The van der Waals surface area contributed by atoms with Crippen LogP contribution in [0.25, 0.3) is 0 Å². The van der Waals surface area contributed by atoms with E-state index in [4.69, 9.17) is 0 Å². The predicted molar refractivity (Wildman–Crippen MR) is 83.8 cm³/mol. The van der Waals surface area contributed by atoms with Gasteiger partial charge in [-0.1, -0.05) is 26.7 Å². The zero-order valence-electron chi connectivity index (χ0n) is 13.3. The molecule has 1 aliphatic heterocycles. The number of anilines is 1. The van der Waals surface area contributed by atoms with Crippen LogP contribution in [0.15, 0.2) is 12.4 Å². The number of aliphatic hydroxyl groups excluding tert-OH is 1. The van der Waals surface area contributed by atoms with Gasteiger partial charge in [-0.3, -0.25) is 4.79 Å². The third-order valence-corrected chi connectivity index (χ3v) is 4.42. The molecule has 122 valence electrons. The lowest BCUT2D eigenvalue weighted by molar-refractivity contribution is -0.158. The highest BCUT2D eigenvalue weighted by Crippen LogP contribution is 2.36. The second-order valence-electron chi connectivity index (χ2n) is 6.08. The molecule has 1 unspecified atom stereocenters. The number of aryl methyl sites for hydroxylation is 1. The SMILES string of the molecule is CCCc1cnc(N2CCC(O)[C@@](CCC)(C(=O)O)C2)nc1. The smallest absolute Gasteiger partial charge is 0.314 e. The Kier molecular flexibility index (Phi) is 5.34. The first-order valence-corrected chi connectivity index (χ1v) is 8.00. The van der Waals surface area contributed by atoms with E-state index in [9.17, 15) is 15.0 Å². The molecule has 0 radical (unpaired) electrons. The summed E-state index contributed by atoms with van der Waals surface area (Å²) >= 11 is 0. The fraction of sp³-hybridized carbons (Fsp3) is 0.688. The third kappa shape index (κ3) is 3.21. The van der Waals surface area contributed by atoms with Crippen molar-refractivity contribution in [3.8, 4) is 0 Å². The van der Waals surface area contributed by atoms with Crippen LogP contribution in [0.3, 0.4) is 0 Å². The quantitative estimate of drug-likeness (QED) is 0.834. The standard InChI is InChI=1S/C16H25N3O3/c1-3-5-12-9-17-15(18-10-12)19-8-6-13(20)16(11-19,7-4-2)14(21)22/h9-10,13,20H,3-8,11H2,1-2H3,(H,21,22)/t13?,16-/m0/s1. The monoisotopic (exact) mass is 307 g/mol.